The highest BCUT2D eigenvalue weighted by Gasteiger charge is 2.72. The number of hydrogen-bond acceptors (Lipinski definition) is 6. The molecule has 0 spiro atoms. The quantitative estimate of drug-likeness (QED) is 0.229. The molecule has 1 aliphatic heterocycles. The fraction of sp³-hybridized carbons (Fsp3) is 0.800. The number of ether oxygens (including phenoxy) is 3. The molecule has 1 aromatic rings. The highest BCUT2D eigenvalue weighted by atomic mass is 32.2. The monoisotopic (exact) mass is 769 g/mol. The summed E-state index contributed by atoms with van der Waals surface area (Å²) in [6.45, 7) is 27.5. The van der Waals surface area contributed by atoms with E-state index in [-0.39, 0.29) is 56.7 Å². The first-order valence-electron chi connectivity index (χ1n) is 20.6. The fourth-order valence-electron chi connectivity index (χ4n) is 12.8. The number of carbonyl (C=O) groups is 1. The second kappa shape index (κ2) is 13.7. The van der Waals surface area contributed by atoms with E-state index in [4.69, 9.17) is 14.2 Å². The van der Waals surface area contributed by atoms with Crippen LogP contribution in [0, 0.1) is 69.0 Å². The fourth-order valence-corrected chi connectivity index (χ4v) is 14.4. The summed E-state index contributed by atoms with van der Waals surface area (Å²) in [5, 5.41) is 11.1. The third-order valence-corrected chi connectivity index (χ3v) is 18.9. The number of allylic oxidation sites excluding steroid dienone is 1. The van der Waals surface area contributed by atoms with Crippen LogP contribution in [0.3, 0.4) is 0 Å². The Morgan fingerprint density at radius 3 is 2.22 bits per heavy atom. The number of hydrogen-bond donors (Lipinski definition) is 2. The number of fused-ring (bicyclic) bond motifs is 3. The minimum atomic E-state index is -3.83. The van der Waals surface area contributed by atoms with E-state index in [0.717, 1.165) is 44.1 Å². The lowest BCUT2D eigenvalue weighted by Crippen LogP contribution is -2.70. The molecule has 0 aromatic heterocycles. The van der Waals surface area contributed by atoms with Crippen molar-refractivity contribution in [3.8, 4) is 0 Å². The molecule has 0 amide bonds. The van der Waals surface area contributed by atoms with Crippen LogP contribution in [0.25, 0.3) is 0 Å². The summed E-state index contributed by atoms with van der Waals surface area (Å²) in [5.41, 5.74) is -0.359. The molecule has 1 heterocycles. The molecule has 4 aliphatic carbocycles. The largest absolute Gasteiger partial charge is 0.481 e. The summed E-state index contributed by atoms with van der Waals surface area (Å²) in [6, 6.07) is 6.95. The molecule has 2 N–H and O–H groups in total. The normalized spacial score (nSPS) is 41.1. The summed E-state index contributed by atoms with van der Waals surface area (Å²) in [6.07, 6.45) is 7.42. The van der Waals surface area contributed by atoms with E-state index >= 15 is 0 Å². The number of carboxylic acids is 1. The molecular weight excluding hydrogens is 699 g/mol. The Bertz CT molecular complexity index is 1730. The highest BCUT2D eigenvalue weighted by molar-refractivity contribution is 7.89. The Morgan fingerprint density at radius 1 is 1.00 bits per heavy atom. The van der Waals surface area contributed by atoms with E-state index in [1.54, 1.807) is 19.2 Å². The van der Waals surface area contributed by atoms with Gasteiger partial charge in [-0.15, -0.1) is 0 Å². The summed E-state index contributed by atoms with van der Waals surface area (Å²) < 4.78 is 50.8. The van der Waals surface area contributed by atoms with Crippen LogP contribution in [0.15, 0.2) is 40.8 Å². The molecule has 12 atom stereocenters. The Balaban J connectivity index is 1.33. The number of benzene rings is 1. The van der Waals surface area contributed by atoms with Crippen molar-refractivity contribution >= 4 is 16.0 Å². The molecule has 2 bridgehead atoms. The van der Waals surface area contributed by atoms with Crippen molar-refractivity contribution in [1.82, 2.24) is 4.72 Å². The maximum Gasteiger partial charge on any atom is 0.307 e. The van der Waals surface area contributed by atoms with Crippen LogP contribution in [-0.4, -0.2) is 64.2 Å². The minimum Gasteiger partial charge on any atom is -0.481 e. The van der Waals surface area contributed by atoms with E-state index in [2.05, 4.69) is 80.0 Å². The van der Waals surface area contributed by atoms with Crippen molar-refractivity contribution < 1.29 is 32.5 Å². The van der Waals surface area contributed by atoms with Crippen molar-refractivity contribution in [3.63, 3.8) is 0 Å². The van der Waals surface area contributed by atoms with Crippen LogP contribution in [0.4, 0.5) is 0 Å². The Kier molecular flexibility index (Phi) is 10.6. The zero-order valence-electron chi connectivity index (χ0n) is 35.6. The average molecular weight is 770 g/mol. The smallest absolute Gasteiger partial charge is 0.307 e. The first-order chi connectivity index (χ1) is 24.9. The van der Waals surface area contributed by atoms with Crippen molar-refractivity contribution in [2.75, 3.05) is 26.9 Å². The van der Waals surface area contributed by atoms with Crippen LogP contribution >= 0.6 is 0 Å². The number of rotatable bonds is 10. The summed E-state index contributed by atoms with van der Waals surface area (Å²) in [7, 11) is -2.05. The summed E-state index contributed by atoms with van der Waals surface area (Å²) in [4.78, 5) is 13.7. The van der Waals surface area contributed by atoms with Gasteiger partial charge in [-0.25, -0.2) is 13.1 Å². The van der Waals surface area contributed by atoms with Gasteiger partial charge in [-0.2, -0.15) is 0 Å². The van der Waals surface area contributed by atoms with Crippen molar-refractivity contribution in [2.45, 2.75) is 144 Å². The maximum atomic E-state index is 13.8. The number of methoxy groups -OCH3 is 1. The first-order valence-corrected chi connectivity index (χ1v) is 22.1. The van der Waals surface area contributed by atoms with Gasteiger partial charge in [0.15, 0.2) is 0 Å². The van der Waals surface area contributed by atoms with Crippen LogP contribution in [0.2, 0.25) is 0 Å². The lowest BCUT2D eigenvalue weighted by atomic mass is 9.34. The van der Waals surface area contributed by atoms with E-state index < -0.39 is 32.9 Å². The lowest BCUT2D eigenvalue weighted by Gasteiger charge is -2.71. The molecule has 54 heavy (non-hydrogen) atoms. The SMILES string of the molecule is CO[C@@H]1C[C@@]23COC[C@](C)([C@@H]2CC[C@H]2C3=CC[C@@]3(C)[C@H](C(=O)O)[C@@](C)([C@H](C)C(C)C)CC[C@]23C)[C@H]1OC[C@](C)(NS(=O)(=O)c1ccc(C)cc1)C(C)(C)C. The highest BCUT2D eigenvalue weighted by Crippen LogP contribution is 2.75. The molecule has 9 heteroatoms. The van der Waals surface area contributed by atoms with Gasteiger partial charge in [0, 0.05) is 17.9 Å². The van der Waals surface area contributed by atoms with Crippen molar-refractivity contribution in [1.29, 1.82) is 0 Å². The third kappa shape index (κ3) is 6.10. The molecule has 0 radical (unpaired) electrons. The average Bonchev–Trinajstić information content (AvgIpc) is 3.06. The second-order valence-electron chi connectivity index (χ2n) is 21.1. The van der Waals surface area contributed by atoms with Gasteiger partial charge >= 0.3 is 5.97 Å². The summed E-state index contributed by atoms with van der Waals surface area (Å²) in [5.74, 6) is 0.192. The van der Waals surface area contributed by atoms with Crippen LogP contribution in [0.1, 0.15) is 120 Å². The maximum absolute atomic E-state index is 13.8. The van der Waals surface area contributed by atoms with Crippen LogP contribution < -0.4 is 4.72 Å². The van der Waals surface area contributed by atoms with Gasteiger partial charge in [-0.1, -0.05) is 98.6 Å². The number of carboxylic acid groups (broad SMARTS) is 1. The topological polar surface area (TPSA) is 111 Å². The standard InChI is InChI=1S/C45H71NO7S/c1-28(2)30(4)40(8)22-23-42(10)32-18-19-35-41(9)25-52-27-45(35,33(32)20-21-43(42,11)36(40)38(47)48)24-34(51-13)37(41)53-26-44(12,39(5,6)7)46-54(49,50)31-16-14-29(3)15-17-31/h14-17,20,28,30,32,34-37,46H,18-19,21-27H2,1-13H3,(H,47,48)/t30-,32+,34-,35+,36-,37+,40-,41-,42-,43+,44+,45+/m1/s1. The number of aliphatic carboxylic acids is 1. The van der Waals surface area contributed by atoms with Gasteiger partial charge in [-0.3, -0.25) is 4.79 Å². The van der Waals surface area contributed by atoms with Crippen molar-refractivity contribution in [3.05, 3.63) is 41.5 Å². The molecule has 1 aromatic carbocycles. The van der Waals surface area contributed by atoms with Gasteiger partial charge in [0.2, 0.25) is 10.0 Å². The van der Waals surface area contributed by atoms with Gasteiger partial charge in [0.1, 0.15) is 0 Å². The minimum absolute atomic E-state index is 0.164. The second-order valence-corrected chi connectivity index (χ2v) is 22.7. The molecule has 8 nitrogen and oxygen atoms in total. The predicted octanol–water partition coefficient (Wildman–Crippen LogP) is 9.07. The third-order valence-electron chi connectivity index (χ3n) is 17.3. The zero-order chi connectivity index (χ0) is 40.1. The number of aryl methyl sites for hydroxylation is 1. The van der Waals surface area contributed by atoms with Crippen LogP contribution in [-0.2, 0) is 29.0 Å². The number of sulfonamides is 1. The molecule has 3 saturated carbocycles. The summed E-state index contributed by atoms with van der Waals surface area (Å²) >= 11 is 0. The Morgan fingerprint density at radius 2 is 1.65 bits per heavy atom. The molecule has 0 unspecified atom stereocenters. The van der Waals surface area contributed by atoms with E-state index in [1.165, 1.54) is 5.57 Å². The lowest BCUT2D eigenvalue weighted by molar-refractivity contribution is -0.270. The van der Waals surface area contributed by atoms with E-state index in [9.17, 15) is 18.3 Å². The molecule has 6 rings (SSSR count). The van der Waals surface area contributed by atoms with Gasteiger partial charge in [0.25, 0.3) is 0 Å². The Hall–Kier alpha value is -1.78. The zero-order valence-corrected chi connectivity index (χ0v) is 36.4. The van der Waals surface area contributed by atoms with Gasteiger partial charge < -0.3 is 19.3 Å². The van der Waals surface area contributed by atoms with E-state index in [1.807, 2.05) is 26.0 Å². The number of nitrogens with one attached hydrogen (secondary N) is 1. The molecule has 304 valence electrons. The first kappa shape index (κ1) is 41.8. The van der Waals surface area contributed by atoms with Crippen LogP contribution in [0.5, 0.6) is 0 Å². The predicted molar refractivity (Wildman–Crippen MR) is 213 cm³/mol. The molecule has 5 aliphatic rings. The van der Waals surface area contributed by atoms with E-state index in [0.29, 0.717) is 31.0 Å². The van der Waals surface area contributed by atoms with Gasteiger partial charge in [-0.05, 0) is 110 Å². The van der Waals surface area contributed by atoms with Gasteiger partial charge in [0.05, 0.1) is 48.4 Å². The Labute approximate surface area is 327 Å². The molecular formula is C45H71NO7S. The molecule has 4 fully saturated rings. The molecule has 1 saturated heterocycles. The van der Waals surface area contributed by atoms with Crippen molar-refractivity contribution in [2.24, 2.45) is 62.1 Å².